The first-order valence-corrected chi connectivity index (χ1v) is 4.56. The van der Waals surface area contributed by atoms with Crippen LogP contribution in [0, 0.1) is 6.92 Å². The Morgan fingerprint density at radius 1 is 1.50 bits per heavy atom. The third-order valence-corrected chi connectivity index (χ3v) is 2.88. The van der Waals surface area contributed by atoms with Crippen molar-refractivity contribution < 1.29 is 0 Å². The molecule has 1 fully saturated rings. The quantitative estimate of drug-likeness (QED) is 0.648. The fourth-order valence-corrected chi connectivity index (χ4v) is 1.94. The minimum atomic E-state index is 0.0122. The molecule has 1 aromatic heterocycles. The molecule has 1 saturated carbocycles. The first-order chi connectivity index (χ1) is 5.72. The van der Waals surface area contributed by atoms with Gasteiger partial charge in [0.1, 0.15) is 0 Å². The normalized spacial score (nSPS) is 20.2. The molecule has 0 aliphatic heterocycles. The molecule has 2 rings (SSSR count). The summed E-state index contributed by atoms with van der Waals surface area (Å²) >= 11 is 6.02. The third kappa shape index (κ3) is 1.13. The molecule has 1 nitrogen and oxygen atoms in total. The van der Waals surface area contributed by atoms with E-state index in [1.54, 1.807) is 6.20 Å². The van der Waals surface area contributed by atoms with Gasteiger partial charge in [-0.1, -0.05) is 18.0 Å². The van der Waals surface area contributed by atoms with E-state index in [1.807, 2.05) is 12.1 Å². The molecule has 1 radical (unpaired) electrons. The SMILES string of the molecule is [CH2]C1(c2ncccc2Cl)CCC1. The van der Waals surface area contributed by atoms with E-state index in [4.69, 9.17) is 11.6 Å². The van der Waals surface area contributed by atoms with Crippen molar-refractivity contribution in [1.29, 1.82) is 0 Å². The van der Waals surface area contributed by atoms with Gasteiger partial charge in [0, 0.05) is 11.6 Å². The summed E-state index contributed by atoms with van der Waals surface area (Å²) in [7, 11) is 0. The number of hydrogen-bond acceptors (Lipinski definition) is 1. The molecule has 12 heavy (non-hydrogen) atoms. The van der Waals surface area contributed by atoms with Crippen LogP contribution in [-0.2, 0) is 5.41 Å². The zero-order valence-electron chi connectivity index (χ0n) is 6.89. The fraction of sp³-hybridized carbons (Fsp3) is 0.400. The first-order valence-electron chi connectivity index (χ1n) is 4.19. The summed E-state index contributed by atoms with van der Waals surface area (Å²) in [6.45, 7) is 4.16. The predicted octanol–water partition coefficient (Wildman–Crippen LogP) is 2.99. The monoisotopic (exact) mass is 180 g/mol. The van der Waals surface area contributed by atoms with E-state index in [0.717, 1.165) is 23.6 Å². The highest BCUT2D eigenvalue weighted by atomic mass is 35.5. The first kappa shape index (κ1) is 8.06. The fourth-order valence-electron chi connectivity index (χ4n) is 1.62. The van der Waals surface area contributed by atoms with E-state index in [-0.39, 0.29) is 5.41 Å². The van der Waals surface area contributed by atoms with Gasteiger partial charge in [0.05, 0.1) is 10.7 Å². The summed E-state index contributed by atoms with van der Waals surface area (Å²) in [5.74, 6) is 0. The minimum absolute atomic E-state index is 0.0122. The number of rotatable bonds is 1. The molecule has 2 heteroatoms. The Hall–Kier alpha value is -0.560. The molecule has 1 aromatic rings. The number of nitrogens with zero attached hydrogens (tertiary/aromatic N) is 1. The van der Waals surface area contributed by atoms with Gasteiger partial charge in [0.25, 0.3) is 0 Å². The highest BCUT2D eigenvalue weighted by molar-refractivity contribution is 6.31. The van der Waals surface area contributed by atoms with Gasteiger partial charge >= 0.3 is 0 Å². The van der Waals surface area contributed by atoms with Crippen LogP contribution in [0.15, 0.2) is 18.3 Å². The lowest BCUT2D eigenvalue weighted by Crippen LogP contribution is -2.32. The third-order valence-electron chi connectivity index (χ3n) is 2.57. The van der Waals surface area contributed by atoms with E-state index >= 15 is 0 Å². The van der Waals surface area contributed by atoms with E-state index in [0.29, 0.717) is 0 Å². The number of aromatic nitrogens is 1. The molecule has 0 spiro atoms. The lowest BCUT2D eigenvalue weighted by atomic mass is 9.68. The summed E-state index contributed by atoms with van der Waals surface area (Å²) in [5, 5.41) is 0.757. The van der Waals surface area contributed by atoms with Crippen molar-refractivity contribution >= 4 is 11.6 Å². The minimum Gasteiger partial charge on any atom is -0.259 e. The van der Waals surface area contributed by atoms with Crippen LogP contribution in [0.5, 0.6) is 0 Å². The van der Waals surface area contributed by atoms with Gasteiger partial charge in [0.2, 0.25) is 0 Å². The lowest BCUT2D eigenvalue weighted by molar-refractivity contribution is 0.302. The van der Waals surface area contributed by atoms with Crippen molar-refractivity contribution in [2.24, 2.45) is 0 Å². The Bertz CT molecular complexity index is 292. The predicted molar refractivity (Wildman–Crippen MR) is 50.1 cm³/mol. The van der Waals surface area contributed by atoms with Crippen molar-refractivity contribution in [2.45, 2.75) is 24.7 Å². The van der Waals surface area contributed by atoms with Gasteiger partial charge in [-0.15, -0.1) is 0 Å². The van der Waals surface area contributed by atoms with Crippen LogP contribution in [0.25, 0.3) is 0 Å². The van der Waals surface area contributed by atoms with Crippen LogP contribution in [-0.4, -0.2) is 4.98 Å². The number of pyridine rings is 1. The second-order valence-corrected chi connectivity index (χ2v) is 3.87. The molecule has 0 amide bonds. The molecule has 0 unspecified atom stereocenters. The van der Waals surface area contributed by atoms with Crippen molar-refractivity contribution in [3.63, 3.8) is 0 Å². The highest BCUT2D eigenvalue weighted by Gasteiger charge is 2.36. The Balaban J connectivity index is 2.39. The van der Waals surface area contributed by atoms with Crippen LogP contribution in [0.4, 0.5) is 0 Å². The van der Waals surface area contributed by atoms with Gasteiger partial charge in [-0.25, -0.2) is 0 Å². The summed E-state index contributed by atoms with van der Waals surface area (Å²) in [6.07, 6.45) is 5.26. The van der Waals surface area contributed by atoms with Crippen LogP contribution < -0.4 is 0 Å². The van der Waals surface area contributed by atoms with Gasteiger partial charge in [0.15, 0.2) is 0 Å². The van der Waals surface area contributed by atoms with E-state index < -0.39 is 0 Å². The van der Waals surface area contributed by atoms with Crippen molar-refractivity contribution in [1.82, 2.24) is 4.98 Å². The number of hydrogen-bond donors (Lipinski definition) is 0. The maximum atomic E-state index is 6.02. The maximum absolute atomic E-state index is 6.02. The van der Waals surface area contributed by atoms with Gasteiger partial charge in [-0.3, -0.25) is 4.98 Å². The molecule has 0 atom stereocenters. The van der Waals surface area contributed by atoms with Gasteiger partial charge < -0.3 is 0 Å². The Labute approximate surface area is 77.8 Å². The smallest absolute Gasteiger partial charge is 0.0651 e. The molecule has 63 valence electrons. The van der Waals surface area contributed by atoms with E-state index in [1.165, 1.54) is 6.42 Å². The van der Waals surface area contributed by atoms with Crippen molar-refractivity contribution in [3.05, 3.63) is 36.0 Å². The Morgan fingerprint density at radius 3 is 2.75 bits per heavy atom. The van der Waals surface area contributed by atoms with Crippen molar-refractivity contribution in [2.75, 3.05) is 0 Å². The van der Waals surface area contributed by atoms with E-state index in [9.17, 15) is 0 Å². The lowest BCUT2D eigenvalue weighted by Gasteiger charge is -2.37. The molecule has 1 aliphatic carbocycles. The zero-order chi connectivity index (χ0) is 8.60. The molecule has 0 bridgehead atoms. The Kier molecular flexibility index (Phi) is 1.84. The zero-order valence-corrected chi connectivity index (χ0v) is 7.64. The van der Waals surface area contributed by atoms with Gasteiger partial charge in [-0.2, -0.15) is 0 Å². The second-order valence-electron chi connectivity index (χ2n) is 3.47. The van der Waals surface area contributed by atoms with Crippen LogP contribution in [0.1, 0.15) is 25.0 Å². The largest absolute Gasteiger partial charge is 0.259 e. The molecular formula is C10H11ClN. The number of halogens is 1. The summed E-state index contributed by atoms with van der Waals surface area (Å²) in [5.41, 5.74) is 0.983. The summed E-state index contributed by atoms with van der Waals surface area (Å²) in [6, 6.07) is 3.74. The second kappa shape index (κ2) is 2.74. The van der Waals surface area contributed by atoms with Crippen LogP contribution in [0.3, 0.4) is 0 Å². The van der Waals surface area contributed by atoms with Crippen LogP contribution in [0.2, 0.25) is 5.02 Å². The molecule has 0 aromatic carbocycles. The average Bonchev–Trinajstić information content (AvgIpc) is 2.01. The maximum Gasteiger partial charge on any atom is 0.0651 e. The van der Waals surface area contributed by atoms with Crippen molar-refractivity contribution in [3.8, 4) is 0 Å². The highest BCUT2D eigenvalue weighted by Crippen LogP contribution is 2.43. The topological polar surface area (TPSA) is 12.9 Å². The molecular weight excluding hydrogens is 170 g/mol. The molecule has 0 saturated heterocycles. The molecule has 1 aliphatic rings. The van der Waals surface area contributed by atoms with Gasteiger partial charge in [-0.05, 0) is 31.9 Å². The summed E-state index contributed by atoms with van der Waals surface area (Å²) in [4.78, 5) is 4.28. The van der Waals surface area contributed by atoms with E-state index in [2.05, 4.69) is 11.9 Å². The molecule has 1 heterocycles. The Morgan fingerprint density at radius 2 is 2.25 bits per heavy atom. The average molecular weight is 181 g/mol. The van der Waals surface area contributed by atoms with Crippen LogP contribution >= 0.6 is 11.6 Å². The summed E-state index contributed by atoms with van der Waals surface area (Å²) < 4.78 is 0. The molecule has 0 N–H and O–H groups in total. The standard InChI is InChI=1S/C10H11ClN/c1-10(5-3-6-10)9-8(11)4-2-7-12-9/h2,4,7H,1,3,5-6H2.